The van der Waals surface area contributed by atoms with E-state index >= 15 is 0 Å². The zero-order chi connectivity index (χ0) is 15.7. The van der Waals surface area contributed by atoms with Crippen LogP contribution in [-0.4, -0.2) is 19.1 Å². The molecule has 0 bridgehead atoms. The highest BCUT2D eigenvalue weighted by molar-refractivity contribution is 5.88. The van der Waals surface area contributed by atoms with Gasteiger partial charge in [-0.15, -0.1) is 0 Å². The third-order valence-corrected chi connectivity index (χ3v) is 4.09. The molecule has 22 heavy (non-hydrogen) atoms. The zero-order valence-electron chi connectivity index (χ0n) is 13.4. The van der Waals surface area contributed by atoms with Crippen LogP contribution in [0.1, 0.15) is 51.0 Å². The fraction of sp³-hybridized carbons (Fsp3) is 0.526. The zero-order valence-corrected chi connectivity index (χ0v) is 13.4. The van der Waals surface area contributed by atoms with E-state index in [0.717, 1.165) is 57.2 Å². The third-order valence-electron chi connectivity index (χ3n) is 4.09. The molecule has 0 aromatic heterocycles. The van der Waals surface area contributed by atoms with Gasteiger partial charge in [0.2, 0.25) is 0 Å². The van der Waals surface area contributed by atoms with Crippen molar-refractivity contribution in [1.29, 1.82) is 0 Å². The number of benzene rings is 1. The van der Waals surface area contributed by atoms with Crippen LogP contribution in [0.4, 0.5) is 0 Å². The smallest absolute Gasteiger partial charge is 0.385 e. The van der Waals surface area contributed by atoms with Crippen LogP contribution < -0.4 is 5.32 Å². The number of rotatable bonds is 5. The quantitative estimate of drug-likeness (QED) is 0.392. The van der Waals surface area contributed by atoms with Crippen molar-refractivity contribution >= 4 is 5.97 Å². The van der Waals surface area contributed by atoms with Crippen molar-refractivity contribution in [2.45, 2.75) is 51.0 Å². The number of carbonyl (C=O) groups excluding carboxylic acids is 1. The Hall–Kier alpha value is -1.79. The van der Waals surface area contributed by atoms with Crippen LogP contribution in [0.5, 0.6) is 0 Å². The van der Waals surface area contributed by atoms with Crippen LogP contribution >= 0.6 is 0 Å². The van der Waals surface area contributed by atoms with E-state index in [0.29, 0.717) is 0 Å². The van der Waals surface area contributed by atoms with Gasteiger partial charge in [-0.1, -0.05) is 56.0 Å². The van der Waals surface area contributed by atoms with Crippen molar-refractivity contribution in [2.75, 3.05) is 13.1 Å². The fourth-order valence-corrected chi connectivity index (χ4v) is 2.82. The van der Waals surface area contributed by atoms with Crippen molar-refractivity contribution in [1.82, 2.24) is 5.32 Å². The number of unbranched alkanes of at least 4 members (excludes halogenated alkanes) is 3. The van der Waals surface area contributed by atoms with E-state index in [4.69, 9.17) is 4.74 Å². The van der Waals surface area contributed by atoms with Crippen molar-refractivity contribution < 1.29 is 9.53 Å². The van der Waals surface area contributed by atoms with Gasteiger partial charge in [0.05, 0.1) is 0 Å². The van der Waals surface area contributed by atoms with E-state index in [1.165, 1.54) is 0 Å². The second kappa shape index (κ2) is 8.60. The molecule has 118 valence electrons. The summed E-state index contributed by atoms with van der Waals surface area (Å²) in [6.07, 6.45) is 5.72. The van der Waals surface area contributed by atoms with E-state index in [1.807, 2.05) is 30.3 Å². The minimum atomic E-state index is -0.526. The molecule has 0 atom stereocenters. The average Bonchev–Trinajstić information content (AvgIpc) is 2.56. The molecular weight excluding hydrogens is 274 g/mol. The predicted octanol–water partition coefficient (Wildman–Crippen LogP) is 3.39. The van der Waals surface area contributed by atoms with Gasteiger partial charge in [-0.05, 0) is 25.1 Å². The Morgan fingerprint density at radius 1 is 1.23 bits per heavy atom. The van der Waals surface area contributed by atoms with Crippen LogP contribution in [0.25, 0.3) is 0 Å². The van der Waals surface area contributed by atoms with E-state index in [9.17, 15) is 4.79 Å². The molecule has 3 nitrogen and oxygen atoms in total. The first kappa shape index (κ1) is 16.6. The Kier molecular flexibility index (Phi) is 6.48. The largest absolute Gasteiger partial charge is 0.444 e. The second-order valence-electron chi connectivity index (χ2n) is 5.76. The lowest BCUT2D eigenvalue weighted by Crippen LogP contribution is -2.43. The first-order valence-corrected chi connectivity index (χ1v) is 8.25. The summed E-state index contributed by atoms with van der Waals surface area (Å²) in [5.41, 5.74) is 0.541. The summed E-state index contributed by atoms with van der Waals surface area (Å²) in [6.45, 7) is 3.86. The molecule has 1 aliphatic rings. The maximum Gasteiger partial charge on any atom is 0.385 e. The van der Waals surface area contributed by atoms with E-state index < -0.39 is 11.6 Å². The summed E-state index contributed by atoms with van der Waals surface area (Å²) in [5, 5.41) is 3.32. The minimum absolute atomic E-state index is 0.401. The van der Waals surface area contributed by atoms with E-state index in [-0.39, 0.29) is 0 Å². The fourth-order valence-electron chi connectivity index (χ4n) is 2.82. The summed E-state index contributed by atoms with van der Waals surface area (Å²) >= 11 is 0. The number of esters is 1. The SMILES string of the molecule is CCCCCC#CC(=O)OC1(c2ccccc2)CCNCC1. The molecule has 1 aliphatic heterocycles. The molecule has 1 aromatic carbocycles. The van der Waals surface area contributed by atoms with E-state index in [2.05, 4.69) is 24.1 Å². The predicted molar refractivity (Wildman–Crippen MR) is 88.2 cm³/mol. The molecule has 0 amide bonds. The number of carbonyl (C=O) groups is 1. The number of ether oxygens (including phenoxy) is 1. The van der Waals surface area contributed by atoms with Crippen LogP contribution in [0.2, 0.25) is 0 Å². The molecule has 1 aromatic rings. The lowest BCUT2D eigenvalue weighted by atomic mass is 9.85. The monoisotopic (exact) mass is 299 g/mol. The van der Waals surface area contributed by atoms with Gasteiger partial charge in [0, 0.05) is 25.2 Å². The standard InChI is InChI=1S/C19H25NO2/c1-2-3-4-5-9-12-18(21)22-19(13-15-20-16-14-19)17-10-7-6-8-11-17/h6-8,10-11,20H,2-5,13-16H2,1H3. The maximum absolute atomic E-state index is 12.1. The highest BCUT2D eigenvalue weighted by Gasteiger charge is 2.37. The van der Waals surface area contributed by atoms with Crippen molar-refractivity contribution in [2.24, 2.45) is 0 Å². The number of nitrogens with one attached hydrogen (secondary N) is 1. The van der Waals surface area contributed by atoms with Crippen molar-refractivity contribution in [3.05, 3.63) is 35.9 Å². The van der Waals surface area contributed by atoms with Gasteiger partial charge in [-0.25, -0.2) is 4.79 Å². The van der Waals surface area contributed by atoms with Gasteiger partial charge in [0.25, 0.3) is 0 Å². The van der Waals surface area contributed by atoms with E-state index in [1.54, 1.807) is 0 Å². The Morgan fingerprint density at radius 3 is 2.64 bits per heavy atom. The van der Waals surface area contributed by atoms with Gasteiger partial charge in [-0.3, -0.25) is 0 Å². The van der Waals surface area contributed by atoms with Gasteiger partial charge in [0.1, 0.15) is 5.60 Å². The van der Waals surface area contributed by atoms with Crippen molar-refractivity contribution in [3.8, 4) is 11.8 Å². The summed E-state index contributed by atoms with van der Waals surface area (Å²) in [5.74, 6) is 5.19. The van der Waals surface area contributed by atoms with Crippen LogP contribution in [0.3, 0.4) is 0 Å². The molecule has 1 saturated heterocycles. The number of piperidine rings is 1. The summed E-state index contributed by atoms with van der Waals surface area (Å²) < 4.78 is 5.82. The second-order valence-corrected chi connectivity index (χ2v) is 5.76. The van der Waals surface area contributed by atoms with Crippen LogP contribution in [-0.2, 0) is 15.1 Å². The molecule has 0 radical (unpaired) electrons. The molecule has 1 N–H and O–H groups in total. The number of hydrogen-bond donors (Lipinski definition) is 1. The highest BCUT2D eigenvalue weighted by Crippen LogP contribution is 2.34. The molecule has 0 aliphatic carbocycles. The molecule has 0 spiro atoms. The molecule has 2 rings (SSSR count). The van der Waals surface area contributed by atoms with Crippen LogP contribution in [0.15, 0.2) is 30.3 Å². The lowest BCUT2D eigenvalue weighted by molar-refractivity contribution is -0.156. The summed E-state index contributed by atoms with van der Waals surface area (Å²) in [6, 6.07) is 10.0. The first-order valence-electron chi connectivity index (χ1n) is 8.25. The minimum Gasteiger partial charge on any atom is -0.444 e. The molecule has 0 saturated carbocycles. The molecule has 1 heterocycles. The van der Waals surface area contributed by atoms with Gasteiger partial charge >= 0.3 is 5.97 Å². The van der Waals surface area contributed by atoms with Gasteiger partial charge < -0.3 is 10.1 Å². The van der Waals surface area contributed by atoms with Crippen molar-refractivity contribution in [3.63, 3.8) is 0 Å². The van der Waals surface area contributed by atoms with Crippen LogP contribution in [0, 0.1) is 11.8 Å². The summed E-state index contributed by atoms with van der Waals surface area (Å²) in [7, 11) is 0. The molecule has 3 heteroatoms. The lowest BCUT2D eigenvalue weighted by Gasteiger charge is -2.36. The summed E-state index contributed by atoms with van der Waals surface area (Å²) in [4.78, 5) is 12.1. The van der Waals surface area contributed by atoms with Gasteiger partial charge in [-0.2, -0.15) is 0 Å². The Bertz CT molecular complexity index is 521. The molecular formula is C19H25NO2. The third kappa shape index (κ3) is 4.61. The highest BCUT2D eigenvalue weighted by atomic mass is 16.6. The Balaban J connectivity index is 2.03. The average molecular weight is 299 g/mol. The molecule has 1 fully saturated rings. The topological polar surface area (TPSA) is 38.3 Å². The normalized spacial score (nSPS) is 16.4. The van der Waals surface area contributed by atoms with Gasteiger partial charge in [0.15, 0.2) is 0 Å². The maximum atomic E-state index is 12.1. The number of hydrogen-bond acceptors (Lipinski definition) is 3. The molecule has 0 unspecified atom stereocenters. The first-order chi connectivity index (χ1) is 10.8. The Labute approximate surface area is 133 Å². The Morgan fingerprint density at radius 2 is 1.95 bits per heavy atom.